The zero-order valence-corrected chi connectivity index (χ0v) is 10.5. The maximum Gasteiger partial charge on any atom is 0.184 e. The number of hydrogen-bond donors (Lipinski definition) is 2. The SMILES string of the molecule is NC(CC1CCCCC1)C(O)C1OCCCO1. The van der Waals surface area contributed by atoms with Crippen LogP contribution >= 0.6 is 0 Å². The smallest absolute Gasteiger partial charge is 0.184 e. The van der Waals surface area contributed by atoms with E-state index in [-0.39, 0.29) is 6.04 Å². The van der Waals surface area contributed by atoms with E-state index in [4.69, 9.17) is 15.2 Å². The molecule has 1 saturated heterocycles. The van der Waals surface area contributed by atoms with Gasteiger partial charge >= 0.3 is 0 Å². The lowest BCUT2D eigenvalue weighted by Gasteiger charge is -2.32. The van der Waals surface area contributed by atoms with Crippen LogP contribution in [-0.4, -0.2) is 36.8 Å². The van der Waals surface area contributed by atoms with Crippen molar-refractivity contribution >= 4 is 0 Å². The largest absolute Gasteiger partial charge is 0.386 e. The minimum Gasteiger partial charge on any atom is -0.386 e. The Balaban J connectivity index is 1.75. The van der Waals surface area contributed by atoms with E-state index in [9.17, 15) is 5.11 Å². The molecule has 2 atom stereocenters. The van der Waals surface area contributed by atoms with Gasteiger partial charge in [-0.1, -0.05) is 32.1 Å². The molecule has 0 aromatic heterocycles. The summed E-state index contributed by atoms with van der Waals surface area (Å²) in [6, 6.07) is -0.221. The van der Waals surface area contributed by atoms with E-state index >= 15 is 0 Å². The highest BCUT2D eigenvalue weighted by Gasteiger charge is 2.30. The Kier molecular flexibility index (Phi) is 5.22. The summed E-state index contributed by atoms with van der Waals surface area (Å²) < 4.78 is 10.8. The van der Waals surface area contributed by atoms with Gasteiger partial charge in [0.25, 0.3) is 0 Å². The van der Waals surface area contributed by atoms with E-state index in [1.165, 1.54) is 32.1 Å². The Bertz CT molecular complexity index is 213. The second-order valence-corrected chi connectivity index (χ2v) is 5.36. The molecule has 0 aromatic carbocycles. The summed E-state index contributed by atoms with van der Waals surface area (Å²) in [5.41, 5.74) is 6.07. The molecule has 4 nitrogen and oxygen atoms in total. The summed E-state index contributed by atoms with van der Waals surface area (Å²) in [6.45, 7) is 1.33. The molecule has 2 rings (SSSR count). The van der Waals surface area contributed by atoms with Crippen molar-refractivity contribution in [2.24, 2.45) is 11.7 Å². The van der Waals surface area contributed by atoms with Gasteiger partial charge in [0.1, 0.15) is 6.10 Å². The number of aliphatic hydroxyl groups is 1. The predicted molar refractivity (Wildman–Crippen MR) is 65.5 cm³/mol. The fourth-order valence-corrected chi connectivity index (χ4v) is 2.85. The molecule has 0 amide bonds. The highest BCUT2D eigenvalue weighted by atomic mass is 16.7. The van der Waals surface area contributed by atoms with Gasteiger partial charge in [0.2, 0.25) is 0 Å². The molecule has 1 aliphatic heterocycles. The van der Waals surface area contributed by atoms with Crippen molar-refractivity contribution in [3.05, 3.63) is 0 Å². The quantitative estimate of drug-likeness (QED) is 0.783. The lowest BCUT2D eigenvalue weighted by molar-refractivity contribution is -0.226. The number of ether oxygens (including phenoxy) is 2. The molecule has 2 unspecified atom stereocenters. The van der Waals surface area contributed by atoms with Crippen LogP contribution in [0.25, 0.3) is 0 Å². The average molecular weight is 243 g/mol. The highest BCUT2D eigenvalue weighted by Crippen LogP contribution is 2.28. The van der Waals surface area contributed by atoms with Crippen molar-refractivity contribution in [1.82, 2.24) is 0 Å². The molecule has 2 aliphatic rings. The Morgan fingerprint density at radius 3 is 2.35 bits per heavy atom. The van der Waals surface area contributed by atoms with Crippen LogP contribution in [0.1, 0.15) is 44.9 Å². The van der Waals surface area contributed by atoms with Gasteiger partial charge in [-0.15, -0.1) is 0 Å². The predicted octanol–water partition coefficient (Wildman–Crippen LogP) is 1.41. The van der Waals surface area contributed by atoms with E-state index < -0.39 is 12.4 Å². The third-order valence-electron chi connectivity index (χ3n) is 3.90. The van der Waals surface area contributed by atoms with E-state index in [0.29, 0.717) is 19.1 Å². The summed E-state index contributed by atoms with van der Waals surface area (Å²) >= 11 is 0. The Labute approximate surface area is 103 Å². The number of nitrogens with two attached hydrogens (primary N) is 1. The van der Waals surface area contributed by atoms with Gasteiger partial charge < -0.3 is 20.3 Å². The first-order valence-corrected chi connectivity index (χ1v) is 6.94. The van der Waals surface area contributed by atoms with Crippen LogP contribution in [0.2, 0.25) is 0 Å². The molecule has 0 spiro atoms. The Morgan fingerprint density at radius 2 is 1.71 bits per heavy atom. The minimum absolute atomic E-state index is 0.221. The van der Waals surface area contributed by atoms with Crippen LogP contribution in [0.5, 0.6) is 0 Å². The van der Waals surface area contributed by atoms with E-state index in [1.54, 1.807) is 0 Å². The van der Waals surface area contributed by atoms with Crippen LogP contribution in [0.15, 0.2) is 0 Å². The molecule has 0 bridgehead atoms. The van der Waals surface area contributed by atoms with E-state index in [0.717, 1.165) is 12.8 Å². The molecular weight excluding hydrogens is 218 g/mol. The number of hydrogen-bond acceptors (Lipinski definition) is 4. The van der Waals surface area contributed by atoms with Gasteiger partial charge in [-0.3, -0.25) is 0 Å². The molecule has 3 N–H and O–H groups in total. The topological polar surface area (TPSA) is 64.7 Å². The third kappa shape index (κ3) is 3.91. The molecule has 1 saturated carbocycles. The van der Waals surface area contributed by atoms with E-state index in [2.05, 4.69) is 0 Å². The van der Waals surface area contributed by atoms with Crippen LogP contribution < -0.4 is 5.73 Å². The fraction of sp³-hybridized carbons (Fsp3) is 1.00. The number of rotatable bonds is 4. The lowest BCUT2D eigenvalue weighted by atomic mass is 9.84. The van der Waals surface area contributed by atoms with Gasteiger partial charge in [-0.25, -0.2) is 0 Å². The molecule has 0 radical (unpaired) electrons. The molecule has 2 fully saturated rings. The van der Waals surface area contributed by atoms with Gasteiger partial charge in [0.15, 0.2) is 6.29 Å². The zero-order valence-electron chi connectivity index (χ0n) is 10.5. The number of aliphatic hydroxyl groups excluding tert-OH is 1. The molecule has 100 valence electrons. The Hall–Kier alpha value is -0.160. The van der Waals surface area contributed by atoms with Crippen LogP contribution in [0.4, 0.5) is 0 Å². The molecular formula is C13H25NO3. The third-order valence-corrected chi connectivity index (χ3v) is 3.90. The fourth-order valence-electron chi connectivity index (χ4n) is 2.85. The zero-order chi connectivity index (χ0) is 12.1. The van der Waals surface area contributed by atoms with Gasteiger partial charge in [-0.05, 0) is 18.8 Å². The van der Waals surface area contributed by atoms with Crippen molar-refractivity contribution in [1.29, 1.82) is 0 Å². The average Bonchev–Trinajstić information content (AvgIpc) is 2.40. The normalized spacial score (nSPS) is 27.9. The van der Waals surface area contributed by atoms with Crippen LogP contribution in [0.3, 0.4) is 0 Å². The highest BCUT2D eigenvalue weighted by molar-refractivity contribution is 4.80. The monoisotopic (exact) mass is 243 g/mol. The summed E-state index contributed by atoms with van der Waals surface area (Å²) in [7, 11) is 0. The van der Waals surface area contributed by atoms with E-state index in [1.807, 2.05) is 0 Å². The van der Waals surface area contributed by atoms with Crippen molar-refractivity contribution in [3.63, 3.8) is 0 Å². The summed E-state index contributed by atoms with van der Waals surface area (Å²) in [5.74, 6) is 0.678. The van der Waals surface area contributed by atoms with Crippen molar-refractivity contribution < 1.29 is 14.6 Å². The molecule has 1 heterocycles. The van der Waals surface area contributed by atoms with Crippen molar-refractivity contribution in [2.45, 2.75) is 63.4 Å². The lowest BCUT2D eigenvalue weighted by Crippen LogP contribution is -2.48. The van der Waals surface area contributed by atoms with Gasteiger partial charge in [0.05, 0.1) is 13.2 Å². The second kappa shape index (κ2) is 6.69. The van der Waals surface area contributed by atoms with Crippen LogP contribution in [0, 0.1) is 5.92 Å². The van der Waals surface area contributed by atoms with Gasteiger partial charge in [-0.2, -0.15) is 0 Å². The summed E-state index contributed by atoms with van der Waals surface area (Å²) in [4.78, 5) is 0. The first kappa shape index (κ1) is 13.3. The minimum atomic E-state index is -0.683. The first-order chi connectivity index (χ1) is 8.27. The molecule has 1 aliphatic carbocycles. The maximum atomic E-state index is 10.1. The molecule has 4 heteroatoms. The summed E-state index contributed by atoms with van der Waals surface area (Å²) in [5, 5.41) is 10.1. The van der Waals surface area contributed by atoms with Crippen molar-refractivity contribution in [3.8, 4) is 0 Å². The molecule has 0 aromatic rings. The van der Waals surface area contributed by atoms with Crippen LogP contribution in [-0.2, 0) is 9.47 Å². The second-order valence-electron chi connectivity index (χ2n) is 5.36. The Morgan fingerprint density at radius 1 is 1.06 bits per heavy atom. The first-order valence-electron chi connectivity index (χ1n) is 6.94. The van der Waals surface area contributed by atoms with Crippen molar-refractivity contribution in [2.75, 3.05) is 13.2 Å². The van der Waals surface area contributed by atoms with Gasteiger partial charge in [0, 0.05) is 6.04 Å². The molecule has 17 heavy (non-hydrogen) atoms. The summed E-state index contributed by atoms with van der Waals surface area (Å²) in [6.07, 6.45) is 7.08. The standard InChI is InChI=1S/C13H25NO3/c14-11(9-10-5-2-1-3-6-10)12(15)13-16-7-4-8-17-13/h10-13,15H,1-9,14H2. The maximum absolute atomic E-state index is 10.1.